The first-order valence-electron chi connectivity index (χ1n) is 9.77. The summed E-state index contributed by atoms with van der Waals surface area (Å²) in [4.78, 5) is 12.4. The summed E-state index contributed by atoms with van der Waals surface area (Å²) in [5.74, 6) is -0.465. The van der Waals surface area contributed by atoms with Crippen LogP contribution >= 0.6 is 11.6 Å². The summed E-state index contributed by atoms with van der Waals surface area (Å²) in [6.07, 6.45) is 1.37. The highest BCUT2D eigenvalue weighted by Crippen LogP contribution is 2.32. The Balaban J connectivity index is 1.87. The number of hydrogen-bond donors (Lipinski definition) is 1. The lowest BCUT2D eigenvalue weighted by Crippen LogP contribution is -2.13. The molecule has 0 aromatic heterocycles. The van der Waals surface area contributed by atoms with E-state index >= 15 is 0 Å². The quantitative estimate of drug-likeness (QED) is 0.273. The predicted molar refractivity (Wildman–Crippen MR) is 126 cm³/mol. The van der Waals surface area contributed by atoms with Gasteiger partial charge in [0.2, 0.25) is 0 Å². The number of anilines is 1. The number of carbonyl (C=O) groups is 1. The Morgan fingerprint density at radius 3 is 2.39 bits per heavy atom. The van der Waals surface area contributed by atoms with Crippen molar-refractivity contribution in [2.24, 2.45) is 0 Å². The van der Waals surface area contributed by atoms with E-state index in [-0.39, 0.29) is 28.6 Å². The van der Waals surface area contributed by atoms with Gasteiger partial charge < -0.3 is 14.2 Å². The van der Waals surface area contributed by atoms with Crippen LogP contribution in [0.4, 0.5) is 5.69 Å². The number of hydrogen-bond acceptors (Lipinski definition) is 6. The molecule has 0 radical (unpaired) electrons. The molecule has 0 saturated carbocycles. The second-order valence-electron chi connectivity index (χ2n) is 6.62. The fraction of sp³-hybridized carbons (Fsp3) is 0.0833. The lowest BCUT2D eigenvalue weighted by molar-refractivity contribution is -0.112. The third-order valence-corrected chi connectivity index (χ3v) is 5.78. The van der Waals surface area contributed by atoms with Crippen molar-refractivity contribution in [3.8, 4) is 17.6 Å². The lowest BCUT2D eigenvalue weighted by atomic mass is 10.1. The Labute approximate surface area is 197 Å². The van der Waals surface area contributed by atoms with E-state index in [0.717, 1.165) is 0 Å². The van der Waals surface area contributed by atoms with Gasteiger partial charge >= 0.3 is 10.1 Å². The minimum atomic E-state index is -4.13. The Morgan fingerprint density at radius 2 is 1.76 bits per heavy atom. The summed E-state index contributed by atoms with van der Waals surface area (Å²) in [7, 11) is -4.13. The summed E-state index contributed by atoms with van der Waals surface area (Å²) in [6, 6.07) is 20.6. The topological polar surface area (TPSA) is 105 Å². The fourth-order valence-electron chi connectivity index (χ4n) is 2.75. The zero-order valence-electron chi connectivity index (χ0n) is 17.5. The summed E-state index contributed by atoms with van der Waals surface area (Å²) >= 11 is 5.81. The molecule has 7 nitrogen and oxygen atoms in total. The number of ether oxygens (including phenoxy) is 1. The number of rotatable bonds is 8. The van der Waals surface area contributed by atoms with Crippen molar-refractivity contribution in [3.05, 3.63) is 89.0 Å². The smallest absolute Gasteiger partial charge is 0.339 e. The number of carbonyl (C=O) groups excluding carboxylic acids is 1. The average Bonchev–Trinajstić information content (AvgIpc) is 2.80. The molecule has 3 aromatic carbocycles. The first-order chi connectivity index (χ1) is 15.8. The molecule has 0 unspecified atom stereocenters. The summed E-state index contributed by atoms with van der Waals surface area (Å²) in [6.45, 7) is 1.97. The van der Waals surface area contributed by atoms with Gasteiger partial charge in [-0.2, -0.15) is 13.7 Å². The molecule has 0 saturated heterocycles. The van der Waals surface area contributed by atoms with E-state index in [1.165, 1.54) is 48.5 Å². The van der Waals surface area contributed by atoms with Gasteiger partial charge in [-0.05, 0) is 67.1 Å². The molecule has 0 heterocycles. The van der Waals surface area contributed by atoms with Crippen molar-refractivity contribution in [1.82, 2.24) is 0 Å². The maximum absolute atomic E-state index is 12.6. The highest BCUT2D eigenvalue weighted by molar-refractivity contribution is 7.87. The molecule has 0 spiro atoms. The van der Waals surface area contributed by atoms with Crippen LogP contribution in [0.15, 0.2) is 83.3 Å². The number of nitrogens with zero attached hydrogens (tertiary/aromatic N) is 1. The van der Waals surface area contributed by atoms with Crippen LogP contribution in [0.3, 0.4) is 0 Å². The highest BCUT2D eigenvalue weighted by Gasteiger charge is 2.20. The molecule has 0 aliphatic carbocycles. The van der Waals surface area contributed by atoms with Crippen LogP contribution in [-0.4, -0.2) is 20.9 Å². The third kappa shape index (κ3) is 6.35. The summed E-state index contributed by atoms with van der Waals surface area (Å²) in [5.41, 5.74) is 0.869. The van der Waals surface area contributed by atoms with Crippen molar-refractivity contribution in [1.29, 1.82) is 5.26 Å². The lowest BCUT2D eigenvalue weighted by Gasteiger charge is -2.13. The second kappa shape index (κ2) is 10.7. The zero-order valence-corrected chi connectivity index (χ0v) is 19.1. The van der Waals surface area contributed by atoms with Gasteiger partial charge in [0, 0.05) is 10.7 Å². The molecule has 1 amide bonds. The van der Waals surface area contributed by atoms with E-state index in [1.54, 1.807) is 31.2 Å². The summed E-state index contributed by atoms with van der Waals surface area (Å²) in [5, 5.41) is 12.5. The standard InChI is InChI=1S/C24H19ClN2O5S/c1-2-31-23-15-17(14-18(16-26)24(28)27-20-6-4-3-5-7-20)8-13-22(23)32-33(29,30)21-11-9-19(25)10-12-21/h3-15H,2H2,1H3,(H,27,28)/b18-14+. The molecule has 33 heavy (non-hydrogen) atoms. The van der Waals surface area contributed by atoms with Gasteiger partial charge in [0.1, 0.15) is 16.5 Å². The molecule has 3 aromatic rings. The van der Waals surface area contributed by atoms with Gasteiger partial charge in [0.15, 0.2) is 11.5 Å². The predicted octanol–water partition coefficient (Wildman–Crippen LogP) is 5.05. The molecule has 3 rings (SSSR count). The fourth-order valence-corrected chi connectivity index (χ4v) is 3.82. The molecule has 0 fully saturated rings. The first-order valence-corrected chi connectivity index (χ1v) is 11.6. The van der Waals surface area contributed by atoms with Crippen LogP contribution < -0.4 is 14.2 Å². The Morgan fingerprint density at radius 1 is 1.06 bits per heavy atom. The van der Waals surface area contributed by atoms with Crippen LogP contribution in [0.5, 0.6) is 11.5 Å². The number of halogens is 1. The van der Waals surface area contributed by atoms with Crippen LogP contribution in [0.25, 0.3) is 6.08 Å². The minimum Gasteiger partial charge on any atom is -0.490 e. The van der Waals surface area contributed by atoms with E-state index in [2.05, 4.69) is 5.32 Å². The monoisotopic (exact) mass is 482 g/mol. The largest absolute Gasteiger partial charge is 0.490 e. The zero-order chi connectivity index (χ0) is 23.8. The number of nitrogens with one attached hydrogen (secondary N) is 1. The van der Waals surface area contributed by atoms with Gasteiger partial charge in [0.25, 0.3) is 5.91 Å². The second-order valence-corrected chi connectivity index (χ2v) is 8.60. The maximum atomic E-state index is 12.6. The van der Waals surface area contributed by atoms with Crippen molar-refractivity contribution < 1.29 is 22.1 Å². The van der Waals surface area contributed by atoms with E-state index in [9.17, 15) is 18.5 Å². The Hall–Kier alpha value is -3.80. The molecule has 0 atom stereocenters. The van der Waals surface area contributed by atoms with Crippen LogP contribution in [0.2, 0.25) is 5.02 Å². The van der Waals surface area contributed by atoms with E-state index < -0.39 is 16.0 Å². The van der Waals surface area contributed by atoms with Crippen molar-refractivity contribution in [3.63, 3.8) is 0 Å². The number of amides is 1. The Bertz CT molecular complexity index is 1320. The van der Waals surface area contributed by atoms with Crippen LogP contribution in [0, 0.1) is 11.3 Å². The maximum Gasteiger partial charge on any atom is 0.339 e. The molecule has 1 N–H and O–H groups in total. The SMILES string of the molecule is CCOc1cc(/C=C(\C#N)C(=O)Nc2ccccc2)ccc1OS(=O)(=O)c1ccc(Cl)cc1. The van der Waals surface area contributed by atoms with Crippen LogP contribution in [-0.2, 0) is 14.9 Å². The van der Waals surface area contributed by atoms with E-state index in [4.69, 9.17) is 20.5 Å². The first kappa shape index (κ1) is 23.9. The van der Waals surface area contributed by atoms with Gasteiger partial charge in [-0.25, -0.2) is 0 Å². The third-order valence-electron chi connectivity index (χ3n) is 4.28. The minimum absolute atomic E-state index is 0.0313. The molecular weight excluding hydrogens is 464 g/mol. The van der Waals surface area contributed by atoms with E-state index in [1.807, 2.05) is 12.1 Å². The van der Waals surface area contributed by atoms with E-state index in [0.29, 0.717) is 16.3 Å². The average molecular weight is 483 g/mol. The molecule has 168 valence electrons. The Kier molecular flexibility index (Phi) is 7.72. The van der Waals surface area contributed by atoms with Crippen molar-refractivity contribution >= 4 is 39.4 Å². The molecule has 0 aliphatic rings. The van der Waals surface area contributed by atoms with Gasteiger partial charge in [-0.1, -0.05) is 35.9 Å². The number of nitriles is 1. The molecular formula is C24H19ClN2O5S. The normalized spacial score (nSPS) is 11.4. The molecule has 9 heteroatoms. The number of benzene rings is 3. The van der Waals surface area contributed by atoms with Gasteiger partial charge in [-0.15, -0.1) is 0 Å². The summed E-state index contributed by atoms with van der Waals surface area (Å²) < 4.78 is 36.0. The van der Waals surface area contributed by atoms with Crippen molar-refractivity contribution in [2.75, 3.05) is 11.9 Å². The molecule has 0 bridgehead atoms. The highest BCUT2D eigenvalue weighted by atomic mass is 35.5. The van der Waals surface area contributed by atoms with Crippen molar-refractivity contribution in [2.45, 2.75) is 11.8 Å². The van der Waals surface area contributed by atoms with Gasteiger partial charge in [-0.3, -0.25) is 4.79 Å². The molecule has 0 aliphatic heterocycles. The van der Waals surface area contributed by atoms with Crippen LogP contribution in [0.1, 0.15) is 12.5 Å². The number of para-hydroxylation sites is 1. The van der Waals surface area contributed by atoms with Gasteiger partial charge in [0.05, 0.1) is 6.61 Å².